The van der Waals surface area contributed by atoms with E-state index in [2.05, 4.69) is 12.2 Å². The molecule has 0 N–H and O–H groups in total. The highest BCUT2D eigenvalue weighted by Gasteiger charge is 2.28. The van der Waals surface area contributed by atoms with Gasteiger partial charge in [0.1, 0.15) is 5.78 Å². The van der Waals surface area contributed by atoms with Crippen LogP contribution in [0.4, 0.5) is 0 Å². The predicted octanol–water partition coefficient (Wildman–Crippen LogP) is 2.71. The first-order valence-electron chi connectivity index (χ1n) is 5.08. The molecule has 0 aliphatic heterocycles. The van der Waals surface area contributed by atoms with E-state index in [-0.39, 0.29) is 5.92 Å². The maximum absolute atomic E-state index is 11.7. The minimum absolute atomic E-state index is 0.282. The minimum Gasteiger partial charge on any atom is -0.299 e. The Bertz CT molecular complexity index is 205. The van der Waals surface area contributed by atoms with Gasteiger partial charge in [-0.3, -0.25) is 4.79 Å². The molecule has 1 nitrogen and oxygen atoms in total. The zero-order valence-electron chi connectivity index (χ0n) is 7.46. The summed E-state index contributed by atoms with van der Waals surface area (Å²) in [5.41, 5.74) is 0. The topological polar surface area (TPSA) is 17.1 Å². The molecule has 2 bridgehead atoms. The number of hydrogen-bond donors (Lipinski definition) is 0. The zero-order valence-corrected chi connectivity index (χ0v) is 7.46. The van der Waals surface area contributed by atoms with Crippen molar-refractivity contribution >= 4 is 5.78 Å². The molecule has 0 aromatic heterocycles. The smallest absolute Gasteiger partial charge is 0.143 e. The van der Waals surface area contributed by atoms with Gasteiger partial charge >= 0.3 is 0 Å². The van der Waals surface area contributed by atoms with Gasteiger partial charge in [0, 0.05) is 11.8 Å². The third-order valence-corrected chi connectivity index (χ3v) is 3.12. The highest BCUT2D eigenvalue weighted by molar-refractivity contribution is 5.86. The fraction of sp³-hybridized carbons (Fsp3) is 0.727. The molecule has 2 unspecified atom stereocenters. The number of fused-ring (bicyclic) bond motifs is 2. The van der Waals surface area contributed by atoms with E-state index in [0.717, 1.165) is 19.3 Å². The average molecular weight is 164 g/mol. The van der Waals surface area contributed by atoms with Crippen LogP contribution < -0.4 is 0 Å². The number of carbonyl (C=O) groups is 1. The van der Waals surface area contributed by atoms with Gasteiger partial charge in [0.25, 0.3) is 0 Å². The number of Topliss-reactive ketones (excluding diaryl/α,β-unsaturated/α-hetero) is 1. The second kappa shape index (κ2) is 3.42. The van der Waals surface area contributed by atoms with Crippen molar-refractivity contribution < 1.29 is 4.79 Å². The first-order chi connectivity index (χ1) is 5.88. The summed E-state index contributed by atoms with van der Waals surface area (Å²) in [4.78, 5) is 11.7. The van der Waals surface area contributed by atoms with Gasteiger partial charge in [0.2, 0.25) is 0 Å². The standard InChI is InChI=1S/C11H16O/c12-11-9-5-2-1-3-6-10(11)8-4-7-9/h4,7,9-10H,1-3,5-6,8H2. The Kier molecular flexibility index (Phi) is 2.29. The van der Waals surface area contributed by atoms with Gasteiger partial charge in [0.15, 0.2) is 0 Å². The van der Waals surface area contributed by atoms with E-state index >= 15 is 0 Å². The molecule has 0 aromatic rings. The maximum Gasteiger partial charge on any atom is 0.143 e. The van der Waals surface area contributed by atoms with Gasteiger partial charge in [-0.15, -0.1) is 0 Å². The van der Waals surface area contributed by atoms with Crippen LogP contribution in [0, 0.1) is 11.8 Å². The summed E-state index contributed by atoms with van der Waals surface area (Å²) in [6.07, 6.45) is 11.4. The molecule has 0 radical (unpaired) electrons. The van der Waals surface area contributed by atoms with Gasteiger partial charge < -0.3 is 0 Å². The quantitative estimate of drug-likeness (QED) is 0.503. The van der Waals surface area contributed by atoms with Crippen LogP contribution in [0.5, 0.6) is 0 Å². The summed E-state index contributed by atoms with van der Waals surface area (Å²) in [6, 6.07) is 0. The molecule has 0 aromatic carbocycles. The average Bonchev–Trinajstić information content (AvgIpc) is 2.10. The van der Waals surface area contributed by atoms with E-state index in [1.165, 1.54) is 19.3 Å². The highest BCUT2D eigenvalue weighted by Crippen LogP contribution is 2.30. The van der Waals surface area contributed by atoms with E-state index in [0.29, 0.717) is 11.7 Å². The number of rotatable bonds is 0. The first kappa shape index (κ1) is 8.03. The Balaban J connectivity index is 2.14. The molecule has 66 valence electrons. The largest absolute Gasteiger partial charge is 0.299 e. The fourth-order valence-electron chi connectivity index (χ4n) is 2.35. The van der Waals surface area contributed by atoms with Crippen LogP contribution in [0.2, 0.25) is 0 Å². The van der Waals surface area contributed by atoms with Crippen molar-refractivity contribution in [2.24, 2.45) is 11.8 Å². The van der Waals surface area contributed by atoms with Gasteiger partial charge in [-0.05, 0) is 19.3 Å². The molecule has 2 rings (SSSR count). The van der Waals surface area contributed by atoms with Crippen LogP contribution >= 0.6 is 0 Å². The second-order valence-electron chi connectivity index (χ2n) is 4.01. The summed E-state index contributed by atoms with van der Waals surface area (Å²) >= 11 is 0. The molecule has 1 fully saturated rings. The molecular weight excluding hydrogens is 148 g/mol. The normalized spacial score (nSPS) is 35.8. The lowest BCUT2D eigenvalue weighted by atomic mass is 9.78. The Morgan fingerprint density at radius 1 is 1.17 bits per heavy atom. The lowest BCUT2D eigenvalue weighted by Gasteiger charge is -2.25. The Hall–Kier alpha value is -0.590. The molecule has 0 spiro atoms. The number of ketones is 1. The Labute approximate surface area is 73.8 Å². The third-order valence-electron chi connectivity index (χ3n) is 3.12. The highest BCUT2D eigenvalue weighted by atomic mass is 16.1. The summed E-state index contributed by atoms with van der Waals surface area (Å²) in [5, 5.41) is 0. The molecule has 1 heteroatoms. The predicted molar refractivity (Wildman–Crippen MR) is 48.8 cm³/mol. The Morgan fingerprint density at radius 3 is 2.92 bits per heavy atom. The zero-order chi connectivity index (χ0) is 8.39. The third kappa shape index (κ3) is 1.45. The second-order valence-corrected chi connectivity index (χ2v) is 4.01. The molecular formula is C11H16O. The monoisotopic (exact) mass is 164 g/mol. The number of allylic oxidation sites excluding steroid dienone is 2. The number of carbonyl (C=O) groups excluding carboxylic acids is 1. The van der Waals surface area contributed by atoms with E-state index < -0.39 is 0 Å². The van der Waals surface area contributed by atoms with E-state index in [4.69, 9.17) is 0 Å². The maximum atomic E-state index is 11.7. The van der Waals surface area contributed by atoms with Crippen LogP contribution in [0.25, 0.3) is 0 Å². The van der Waals surface area contributed by atoms with E-state index in [9.17, 15) is 4.79 Å². The molecule has 1 saturated carbocycles. The van der Waals surface area contributed by atoms with Crippen molar-refractivity contribution in [2.75, 3.05) is 0 Å². The molecule has 0 heterocycles. The molecule has 2 aliphatic rings. The summed E-state index contributed by atoms with van der Waals surface area (Å²) in [5.74, 6) is 1.18. The molecule has 12 heavy (non-hydrogen) atoms. The lowest BCUT2D eigenvalue weighted by Crippen LogP contribution is -2.26. The van der Waals surface area contributed by atoms with Crippen molar-refractivity contribution in [2.45, 2.75) is 38.5 Å². The van der Waals surface area contributed by atoms with Crippen molar-refractivity contribution in [3.63, 3.8) is 0 Å². The van der Waals surface area contributed by atoms with Gasteiger partial charge in [0.05, 0.1) is 0 Å². The van der Waals surface area contributed by atoms with Crippen molar-refractivity contribution in [3.05, 3.63) is 12.2 Å². The van der Waals surface area contributed by atoms with Crippen LogP contribution in [-0.2, 0) is 4.79 Å². The summed E-state index contributed by atoms with van der Waals surface area (Å²) in [6.45, 7) is 0. The number of hydrogen-bond acceptors (Lipinski definition) is 1. The van der Waals surface area contributed by atoms with E-state index in [1.807, 2.05) is 0 Å². The van der Waals surface area contributed by atoms with Gasteiger partial charge in [-0.2, -0.15) is 0 Å². The van der Waals surface area contributed by atoms with Crippen LogP contribution in [-0.4, -0.2) is 5.78 Å². The van der Waals surface area contributed by atoms with Crippen LogP contribution in [0.15, 0.2) is 12.2 Å². The molecule has 0 amide bonds. The van der Waals surface area contributed by atoms with Crippen LogP contribution in [0.3, 0.4) is 0 Å². The molecule has 0 saturated heterocycles. The van der Waals surface area contributed by atoms with Gasteiger partial charge in [-0.1, -0.05) is 31.4 Å². The molecule has 2 atom stereocenters. The lowest BCUT2D eigenvalue weighted by molar-refractivity contribution is -0.126. The van der Waals surface area contributed by atoms with E-state index in [1.54, 1.807) is 0 Å². The Morgan fingerprint density at radius 2 is 2.00 bits per heavy atom. The van der Waals surface area contributed by atoms with Crippen LogP contribution in [0.1, 0.15) is 38.5 Å². The first-order valence-corrected chi connectivity index (χ1v) is 5.08. The van der Waals surface area contributed by atoms with Gasteiger partial charge in [-0.25, -0.2) is 0 Å². The van der Waals surface area contributed by atoms with Crippen molar-refractivity contribution in [3.8, 4) is 0 Å². The summed E-state index contributed by atoms with van der Waals surface area (Å²) in [7, 11) is 0. The SMILES string of the molecule is O=C1C2C=CCC1CCCCC2. The minimum atomic E-state index is 0.282. The molecule has 2 aliphatic carbocycles. The summed E-state index contributed by atoms with van der Waals surface area (Å²) < 4.78 is 0. The fourth-order valence-corrected chi connectivity index (χ4v) is 2.35. The van der Waals surface area contributed by atoms with Crippen molar-refractivity contribution in [1.29, 1.82) is 0 Å². The van der Waals surface area contributed by atoms with Crippen molar-refractivity contribution in [1.82, 2.24) is 0 Å².